The van der Waals surface area contributed by atoms with E-state index in [-0.39, 0.29) is 40.8 Å². The van der Waals surface area contributed by atoms with Gasteiger partial charge in [0.1, 0.15) is 28.9 Å². The van der Waals surface area contributed by atoms with Crippen molar-refractivity contribution in [3.05, 3.63) is 41.0 Å². The highest BCUT2D eigenvalue weighted by Crippen LogP contribution is 2.44. The number of phenolic OH excluding ortho intramolecular Hbond substituents is 3. The third-order valence-electron chi connectivity index (χ3n) is 3.98. The van der Waals surface area contributed by atoms with Crippen LogP contribution in [0, 0.1) is 6.92 Å². The molecule has 0 unspecified atom stereocenters. The standard InChI is InChI=1S/C17H16O6/c1-8-13(22-2)7-15-16(17(8)21)12(20)6-14(23-15)9-3-4-10(18)11(19)5-9/h3-5,7,14,18-19,21H,6H2,1-2H3/t14-/m1/s1. The second kappa shape index (κ2) is 5.39. The fourth-order valence-electron chi connectivity index (χ4n) is 2.69. The van der Waals surface area contributed by atoms with Crippen molar-refractivity contribution in [1.29, 1.82) is 0 Å². The number of methoxy groups -OCH3 is 1. The molecule has 0 saturated carbocycles. The lowest BCUT2D eigenvalue weighted by molar-refractivity contribution is 0.0844. The predicted molar refractivity (Wildman–Crippen MR) is 81.5 cm³/mol. The maximum absolute atomic E-state index is 12.4. The highest BCUT2D eigenvalue weighted by molar-refractivity contribution is 6.03. The molecule has 6 nitrogen and oxygen atoms in total. The zero-order chi connectivity index (χ0) is 16.7. The first-order valence-electron chi connectivity index (χ1n) is 7.04. The summed E-state index contributed by atoms with van der Waals surface area (Å²) in [6, 6.07) is 5.82. The Balaban J connectivity index is 2.04. The number of fused-ring (bicyclic) bond motifs is 1. The molecular formula is C17H16O6. The molecule has 0 aliphatic carbocycles. The monoisotopic (exact) mass is 316 g/mol. The van der Waals surface area contributed by atoms with Gasteiger partial charge in [-0.05, 0) is 24.6 Å². The van der Waals surface area contributed by atoms with Gasteiger partial charge in [-0.25, -0.2) is 0 Å². The SMILES string of the molecule is COc1cc2c(c(O)c1C)C(=O)C[C@H](c1ccc(O)c(O)c1)O2. The van der Waals surface area contributed by atoms with Crippen LogP contribution in [-0.2, 0) is 0 Å². The van der Waals surface area contributed by atoms with E-state index in [2.05, 4.69) is 0 Å². The number of ether oxygens (including phenoxy) is 2. The number of hydrogen-bond donors (Lipinski definition) is 3. The van der Waals surface area contributed by atoms with Crippen LogP contribution >= 0.6 is 0 Å². The first-order valence-corrected chi connectivity index (χ1v) is 7.04. The molecule has 0 fully saturated rings. The fourth-order valence-corrected chi connectivity index (χ4v) is 2.69. The summed E-state index contributed by atoms with van der Waals surface area (Å²) < 4.78 is 11.0. The number of ketones is 1. The number of phenols is 3. The Morgan fingerprint density at radius 1 is 1.17 bits per heavy atom. The Morgan fingerprint density at radius 3 is 2.57 bits per heavy atom. The molecule has 23 heavy (non-hydrogen) atoms. The minimum atomic E-state index is -0.617. The molecule has 3 N–H and O–H groups in total. The molecule has 1 aliphatic rings. The smallest absolute Gasteiger partial charge is 0.174 e. The highest BCUT2D eigenvalue weighted by Gasteiger charge is 2.32. The van der Waals surface area contributed by atoms with Crippen molar-refractivity contribution >= 4 is 5.78 Å². The number of rotatable bonds is 2. The summed E-state index contributed by atoms with van der Waals surface area (Å²) in [5, 5.41) is 29.2. The average Bonchev–Trinajstić information content (AvgIpc) is 2.52. The van der Waals surface area contributed by atoms with Crippen molar-refractivity contribution in [2.45, 2.75) is 19.4 Å². The molecule has 1 aliphatic heterocycles. The number of Topliss-reactive ketones (excluding diaryl/α,β-unsaturated/α-hetero) is 1. The van der Waals surface area contributed by atoms with Gasteiger partial charge in [0, 0.05) is 11.6 Å². The minimum Gasteiger partial charge on any atom is -0.507 e. The average molecular weight is 316 g/mol. The Labute approximate surface area is 132 Å². The first-order chi connectivity index (χ1) is 10.9. The van der Waals surface area contributed by atoms with E-state index < -0.39 is 6.10 Å². The lowest BCUT2D eigenvalue weighted by Crippen LogP contribution is -2.21. The van der Waals surface area contributed by atoms with E-state index in [1.807, 2.05) is 0 Å². The summed E-state index contributed by atoms with van der Waals surface area (Å²) in [6.07, 6.45) is -0.593. The van der Waals surface area contributed by atoms with Crippen molar-refractivity contribution in [3.8, 4) is 28.7 Å². The van der Waals surface area contributed by atoms with E-state index >= 15 is 0 Å². The van der Waals surface area contributed by atoms with Crippen LogP contribution in [0.25, 0.3) is 0 Å². The molecule has 120 valence electrons. The number of aromatic hydroxyl groups is 3. The van der Waals surface area contributed by atoms with Gasteiger partial charge in [0.15, 0.2) is 17.3 Å². The number of carbonyl (C=O) groups is 1. The maximum atomic E-state index is 12.4. The summed E-state index contributed by atoms with van der Waals surface area (Å²) in [7, 11) is 1.47. The van der Waals surface area contributed by atoms with E-state index in [4.69, 9.17) is 9.47 Å². The second-order valence-corrected chi connectivity index (χ2v) is 5.41. The zero-order valence-corrected chi connectivity index (χ0v) is 12.7. The zero-order valence-electron chi connectivity index (χ0n) is 12.7. The maximum Gasteiger partial charge on any atom is 0.174 e. The van der Waals surface area contributed by atoms with E-state index in [0.29, 0.717) is 16.9 Å². The molecule has 1 atom stereocenters. The molecule has 3 rings (SSSR count). The molecular weight excluding hydrogens is 300 g/mol. The molecule has 0 saturated heterocycles. The van der Waals surface area contributed by atoms with E-state index in [0.717, 1.165) is 0 Å². The second-order valence-electron chi connectivity index (χ2n) is 5.41. The summed E-state index contributed by atoms with van der Waals surface area (Å²) in [5.41, 5.74) is 1.17. The van der Waals surface area contributed by atoms with Crippen molar-refractivity contribution < 1.29 is 29.6 Å². The lowest BCUT2D eigenvalue weighted by Gasteiger charge is -2.27. The third-order valence-corrected chi connectivity index (χ3v) is 3.98. The summed E-state index contributed by atoms with van der Waals surface area (Å²) in [6.45, 7) is 1.66. The summed E-state index contributed by atoms with van der Waals surface area (Å²) in [5.74, 6) is -0.273. The van der Waals surface area contributed by atoms with Crippen LogP contribution in [0.2, 0.25) is 0 Å². The van der Waals surface area contributed by atoms with Gasteiger partial charge in [-0.15, -0.1) is 0 Å². The molecule has 1 heterocycles. The fraction of sp³-hybridized carbons (Fsp3) is 0.235. The van der Waals surface area contributed by atoms with Gasteiger partial charge < -0.3 is 24.8 Å². The molecule has 0 amide bonds. The number of benzene rings is 2. The van der Waals surface area contributed by atoms with Crippen LogP contribution in [0.1, 0.15) is 34.0 Å². The lowest BCUT2D eigenvalue weighted by atomic mass is 9.94. The Kier molecular flexibility index (Phi) is 3.52. The quantitative estimate of drug-likeness (QED) is 0.737. The largest absolute Gasteiger partial charge is 0.507 e. The van der Waals surface area contributed by atoms with Gasteiger partial charge in [0.2, 0.25) is 0 Å². The van der Waals surface area contributed by atoms with E-state index in [1.165, 1.54) is 19.2 Å². The van der Waals surface area contributed by atoms with Crippen molar-refractivity contribution in [3.63, 3.8) is 0 Å². The van der Waals surface area contributed by atoms with Crippen LogP contribution in [0.5, 0.6) is 28.7 Å². The Morgan fingerprint density at radius 2 is 1.91 bits per heavy atom. The third kappa shape index (κ3) is 2.42. The molecule has 0 spiro atoms. The summed E-state index contributed by atoms with van der Waals surface area (Å²) >= 11 is 0. The van der Waals surface area contributed by atoms with Gasteiger partial charge in [0.25, 0.3) is 0 Å². The van der Waals surface area contributed by atoms with Crippen molar-refractivity contribution in [2.75, 3.05) is 7.11 Å². The van der Waals surface area contributed by atoms with E-state index in [1.54, 1.807) is 19.1 Å². The van der Waals surface area contributed by atoms with Gasteiger partial charge in [-0.1, -0.05) is 6.07 Å². The molecule has 0 radical (unpaired) electrons. The topological polar surface area (TPSA) is 96.2 Å². The molecule has 0 bridgehead atoms. The molecule has 2 aromatic carbocycles. The Bertz CT molecular complexity index is 796. The normalized spacial score (nSPS) is 16.6. The van der Waals surface area contributed by atoms with Gasteiger partial charge in [-0.2, -0.15) is 0 Å². The van der Waals surface area contributed by atoms with Crippen LogP contribution < -0.4 is 9.47 Å². The van der Waals surface area contributed by atoms with Crippen LogP contribution in [0.15, 0.2) is 24.3 Å². The predicted octanol–water partition coefficient (Wildman–Crippen LogP) is 2.83. The molecule has 0 aromatic heterocycles. The summed E-state index contributed by atoms with van der Waals surface area (Å²) in [4.78, 5) is 12.4. The van der Waals surface area contributed by atoms with Crippen LogP contribution in [0.4, 0.5) is 0 Å². The van der Waals surface area contributed by atoms with Crippen LogP contribution in [0.3, 0.4) is 0 Å². The Hall–Kier alpha value is -2.89. The number of hydrogen-bond acceptors (Lipinski definition) is 6. The minimum absolute atomic E-state index is 0.0243. The van der Waals surface area contributed by atoms with Gasteiger partial charge in [0.05, 0.1) is 13.5 Å². The molecule has 2 aromatic rings. The molecule has 6 heteroatoms. The van der Waals surface area contributed by atoms with E-state index in [9.17, 15) is 20.1 Å². The van der Waals surface area contributed by atoms with Gasteiger partial charge >= 0.3 is 0 Å². The number of carbonyl (C=O) groups excluding carboxylic acids is 1. The first kappa shape index (κ1) is 15.0. The van der Waals surface area contributed by atoms with Crippen molar-refractivity contribution in [1.82, 2.24) is 0 Å². The highest BCUT2D eigenvalue weighted by atomic mass is 16.5. The van der Waals surface area contributed by atoms with Crippen molar-refractivity contribution in [2.24, 2.45) is 0 Å². The van der Waals surface area contributed by atoms with Gasteiger partial charge in [-0.3, -0.25) is 4.79 Å². The van der Waals surface area contributed by atoms with Crippen LogP contribution in [-0.4, -0.2) is 28.2 Å².